The van der Waals surface area contributed by atoms with Gasteiger partial charge < -0.3 is 23.4 Å². The second kappa shape index (κ2) is 9.35. The first-order valence-corrected chi connectivity index (χ1v) is 11.4. The molecule has 0 saturated carbocycles. The summed E-state index contributed by atoms with van der Waals surface area (Å²) in [4.78, 5) is 13.7. The molecule has 0 fully saturated rings. The minimum atomic E-state index is -0.388. The maximum atomic E-state index is 12.4. The molecule has 0 radical (unpaired) electrons. The maximum Gasteiger partial charge on any atom is 0.336 e. The Morgan fingerprint density at radius 2 is 1.66 bits per heavy atom. The standard InChI is InChI=1S/C28H27NO6/c1-17-27-20(15-29(16-34-27)14-19-7-10-22(32-3)12-25(19)33-4)11-24-23(13-26(30)35-28(17)24)18-5-8-21(31-2)9-6-18/h5-13H,14-16H2,1-4H3/p+1. The number of rotatable bonds is 6. The molecular weight excluding hydrogens is 446 g/mol. The molecule has 7 heteroatoms. The van der Waals surface area contributed by atoms with E-state index in [1.165, 1.54) is 4.90 Å². The molecule has 0 saturated heterocycles. The first-order valence-electron chi connectivity index (χ1n) is 11.4. The van der Waals surface area contributed by atoms with Gasteiger partial charge in [-0.3, -0.25) is 4.90 Å². The summed E-state index contributed by atoms with van der Waals surface area (Å²) >= 11 is 0. The predicted octanol–water partition coefficient (Wildman–Crippen LogP) is 3.73. The highest BCUT2D eigenvalue weighted by Gasteiger charge is 2.26. The Labute approximate surface area is 203 Å². The van der Waals surface area contributed by atoms with Crippen LogP contribution >= 0.6 is 0 Å². The Bertz CT molecular complexity index is 1440. The lowest BCUT2D eigenvalue weighted by Crippen LogP contribution is -3.10. The van der Waals surface area contributed by atoms with E-state index in [-0.39, 0.29) is 5.63 Å². The molecule has 2 heterocycles. The van der Waals surface area contributed by atoms with Gasteiger partial charge in [0.15, 0.2) is 0 Å². The van der Waals surface area contributed by atoms with E-state index in [9.17, 15) is 4.79 Å². The van der Waals surface area contributed by atoms with Gasteiger partial charge in [-0.2, -0.15) is 0 Å². The van der Waals surface area contributed by atoms with E-state index in [1.54, 1.807) is 27.4 Å². The Hall–Kier alpha value is -3.97. The van der Waals surface area contributed by atoms with Gasteiger partial charge in [0.2, 0.25) is 6.73 Å². The fourth-order valence-electron chi connectivity index (χ4n) is 4.73. The molecular formula is C28H28NO6+. The molecule has 1 unspecified atom stereocenters. The van der Waals surface area contributed by atoms with Crippen LogP contribution in [-0.4, -0.2) is 28.1 Å². The average molecular weight is 475 g/mol. The second-order valence-electron chi connectivity index (χ2n) is 8.64. The number of ether oxygens (including phenoxy) is 4. The molecule has 0 aliphatic carbocycles. The van der Waals surface area contributed by atoms with Crippen molar-refractivity contribution in [1.82, 2.24) is 0 Å². The van der Waals surface area contributed by atoms with Crippen molar-refractivity contribution in [2.24, 2.45) is 0 Å². The predicted molar refractivity (Wildman–Crippen MR) is 133 cm³/mol. The third kappa shape index (κ3) is 4.31. The molecule has 0 spiro atoms. The largest absolute Gasteiger partial charge is 0.497 e. The fraction of sp³-hybridized carbons (Fsp3) is 0.250. The van der Waals surface area contributed by atoms with Gasteiger partial charge in [-0.15, -0.1) is 0 Å². The molecule has 3 aromatic carbocycles. The van der Waals surface area contributed by atoms with E-state index < -0.39 is 0 Å². The zero-order valence-electron chi connectivity index (χ0n) is 20.3. The van der Waals surface area contributed by atoms with E-state index in [0.29, 0.717) is 12.3 Å². The van der Waals surface area contributed by atoms with Gasteiger partial charge in [-0.05, 0) is 48.4 Å². The number of fused-ring (bicyclic) bond motifs is 2. The first kappa shape index (κ1) is 22.8. The number of methoxy groups -OCH3 is 3. The summed E-state index contributed by atoms with van der Waals surface area (Å²) in [6, 6.07) is 17.2. The van der Waals surface area contributed by atoms with Crippen molar-refractivity contribution in [1.29, 1.82) is 0 Å². The fourth-order valence-corrected chi connectivity index (χ4v) is 4.73. The van der Waals surface area contributed by atoms with Crippen molar-refractivity contribution in [3.8, 4) is 34.1 Å². The molecule has 1 aliphatic heterocycles. The number of benzene rings is 3. The molecule has 4 aromatic rings. The van der Waals surface area contributed by atoms with E-state index in [2.05, 4.69) is 6.07 Å². The van der Waals surface area contributed by atoms with Crippen LogP contribution in [0.5, 0.6) is 23.0 Å². The van der Waals surface area contributed by atoms with Gasteiger partial charge in [0, 0.05) is 34.2 Å². The van der Waals surface area contributed by atoms with Crippen LogP contribution < -0.4 is 29.5 Å². The van der Waals surface area contributed by atoms with Gasteiger partial charge in [0.25, 0.3) is 0 Å². The van der Waals surface area contributed by atoms with Crippen LogP contribution in [0.15, 0.2) is 63.8 Å². The molecule has 180 valence electrons. The van der Waals surface area contributed by atoms with E-state index >= 15 is 0 Å². The summed E-state index contributed by atoms with van der Waals surface area (Å²) in [6.45, 7) is 3.94. The summed E-state index contributed by atoms with van der Waals surface area (Å²) in [6.07, 6.45) is 0. The van der Waals surface area contributed by atoms with Crippen LogP contribution in [0.2, 0.25) is 0 Å². The number of hydrogen-bond acceptors (Lipinski definition) is 6. The minimum absolute atomic E-state index is 0.388. The first-order chi connectivity index (χ1) is 17.0. The second-order valence-corrected chi connectivity index (χ2v) is 8.64. The third-order valence-electron chi connectivity index (χ3n) is 6.49. The number of nitrogens with one attached hydrogen (secondary N) is 1. The lowest BCUT2D eigenvalue weighted by Gasteiger charge is -2.28. The number of hydrogen-bond donors (Lipinski definition) is 1. The molecule has 0 bridgehead atoms. The highest BCUT2D eigenvalue weighted by molar-refractivity contribution is 5.96. The van der Waals surface area contributed by atoms with Crippen LogP contribution in [0.1, 0.15) is 16.7 Å². The highest BCUT2D eigenvalue weighted by atomic mass is 16.5. The quantitative estimate of drug-likeness (QED) is 0.430. The third-order valence-corrected chi connectivity index (χ3v) is 6.49. The van der Waals surface area contributed by atoms with Gasteiger partial charge in [-0.25, -0.2) is 4.79 Å². The van der Waals surface area contributed by atoms with E-state index in [4.69, 9.17) is 23.4 Å². The zero-order chi connectivity index (χ0) is 24.5. The topological polar surface area (TPSA) is 71.6 Å². The summed E-state index contributed by atoms with van der Waals surface area (Å²) in [5, 5.41) is 0.887. The van der Waals surface area contributed by atoms with Gasteiger partial charge >= 0.3 is 5.63 Å². The van der Waals surface area contributed by atoms with Gasteiger partial charge in [0.1, 0.15) is 41.7 Å². The normalized spacial score (nSPS) is 14.8. The van der Waals surface area contributed by atoms with Crippen LogP contribution in [0.25, 0.3) is 22.1 Å². The molecule has 35 heavy (non-hydrogen) atoms. The van der Waals surface area contributed by atoms with Crippen molar-refractivity contribution in [2.45, 2.75) is 20.0 Å². The van der Waals surface area contributed by atoms with Crippen LogP contribution in [-0.2, 0) is 13.1 Å². The summed E-state index contributed by atoms with van der Waals surface area (Å²) < 4.78 is 28.0. The summed E-state index contributed by atoms with van der Waals surface area (Å²) in [7, 11) is 4.94. The Morgan fingerprint density at radius 1 is 0.914 bits per heavy atom. The minimum Gasteiger partial charge on any atom is -0.497 e. The van der Waals surface area contributed by atoms with Crippen molar-refractivity contribution in [3.05, 3.63) is 81.7 Å². The molecule has 1 aromatic heterocycles. The Balaban J connectivity index is 1.53. The van der Waals surface area contributed by atoms with Crippen LogP contribution in [0.3, 0.4) is 0 Å². The Kier molecular flexibility index (Phi) is 6.09. The monoisotopic (exact) mass is 474 g/mol. The van der Waals surface area contributed by atoms with Crippen molar-refractivity contribution in [3.63, 3.8) is 0 Å². The summed E-state index contributed by atoms with van der Waals surface area (Å²) in [5.41, 5.74) is 4.92. The van der Waals surface area contributed by atoms with E-state index in [0.717, 1.165) is 69.3 Å². The van der Waals surface area contributed by atoms with Crippen LogP contribution in [0.4, 0.5) is 0 Å². The van der Waals surface area contributed by atoms with Crippen molar-refractivity contribution >= 4 is 11.0 Å². The maximum absolute atomic E-state index is 12.4. The molecule has 1 aliphatic rings. The smallest absolute Gasteiger partial charge is 0.336 e. The van der Waals surface area contributed by atoms with Crippen molar-refractivity contribution < 1.29 is 28.3 Å². The van der Waals surface area contributed by atoms with Gasteiger partial charge in [0.05, 0.1) is 21.3 Å². The molecule has 7 nitrogen and oxygen atoms in total. The number of aryl methyl sites for hydroxylation is 1. The SMILES string of the molecule is COc1ccc(-c2cc(=O)oc3c(C)c4c(cc23)C[NH+](Cc2ccc(OC)cc2OC)CO4)cc1. The van der Waals surface area contributed by atoms with Gasteiger partial charge in [-0.1, -0.05) is 12.1 Å². The van der Waals surface area contributed by atoms with Crippen LogP contribution in [0, 0.1) is 6.92 Å². The lowest BCUT2D eigenvalue weighted by atomic mass is 9.96. The lowest BCUT2D eigenvalue weighted by molar-refractivity contribution is -0.945. The molecule has 1 N–H and O–H groups in total. The van der Waals surface area contributed by atoms with E-state index in [1.807, 2.05) is 49.4 Å². The summed E-state index contributed by atoms with van der Waals surface area (Å²) in [5.74, 6) is 3.10. The molecule has 1 atom stereocenters. The zero-order valence-corrected chi connectivity index (χ0v) is 20.3. The number of quaternary nitrogens is 1. The molecule has 0 amide bonds. The average Bonchev–Trinajstić information content (AvgIpc) is 2.89. The highest BCUT2D eigenvalue weighted by Crippen LogP contribution is 2.37. The van der Waals surface area contributed by atoms with Crippen molar-refractivity contribution in [2.75, 3.05) is 28.1 Å². The molecule has 5 rings (SSSR count). The Morgan fingerprint density at radius 3 is 2.37 bits per heavy atom.